The van der Waals surface area contributed by atoms with Crippen molar-refractivity contribution in [3.8, 4) is 11.1 Å². The normalized spacial score (nSPS) is 14.2. The van der Waals surface area contributed by atoms with Crippen LogP contribution in [0, 0.1) is 6.92 Å². The van der Waals surface area contributed by atoms with E-state index in [4.69, 9.17) is 5.10 Å². The van der Waals surface area contributed by atoms with Crippen LogP contribution in [0.25, 0.3) is 22.0 Å². The highest BCUT2D eigenvalue weighted by molar-refractivity contribution is 5.99. The summed E-state index contributed by atoms with van der Waals surface area (Å²) < 4.78 is 1.95. The van der Waals surface area contributed by atoms with Gasteiger partial charge in [0.25, 0.3) is 5.91 Å². The zero-order valence-electron chi connectivity index (χ0n) is 19.8. The number of carboxylic acids is 1. The Morgan fingerprint density at radius 3 is 2.49 bits per heavy atom. The summed E-state index contributed by atoms with van der Waals surface area (Å²) in [4.78, 5) is 24.4. The minimum atomic E-state index is -0.935. The second-order valence-electron chi connectivity index (χ2n) is 9.33. The van der Waals surface area contributed by atoms with E-state index in [1.54, 1.807) is 12.1 Å². The van der Waals surface area contributed by atoms with Gasteiger partial charge in [-0.05, 0) is 60.7 Å². The fourth-order valence-electron chi connectivity index (χ4n) is 5.00. The summed E-state index contributed by atoms with van der Waals surface area (Å²) >= 11 is 0. The summed E-state index contributed by atoms with van der Waals surface area (Å²) in [5.74, 6) is -0.946. The number of hydrogen-bond acceptors (Lipinski definition) is 3. The summed E-state index contributed by atoms with van der Waals surface area (Å²) in [5, 5.41) is 18.4. The number of benzene rings is 3. The first kappa shape index (κ1) is 22.8. The van der Waals surface area contributed by atoms with Crippen LogP contribution in [0.1, 0.15) is 64.1 Å². The van der Waals surface area contributed by atoms with Crippen LogP contribution in [0.5, 0.6) is 0 Å². The van der Waals surface area contributed by atoms with Gasteiger partial charge >= 0.3 is 5.97 Å². The molecule has 2 N–H and O–H groups in total. The van der Waals surface area contributed by atoms with Gasteiger partial charge in [-0.25, -0.2) is 4.79 Å². The molecule has 178 valence electrons. The standard InChI is InChI=1S/C29H29N3O3/c1-19-26-17-22(28(33)30-23-7-3-2-4-8-23)15-16-27(26)32(31-19)18-20-11-13-21(14-12-20)24-9-5-6-10-25(24)29(34)35/h5-6,9-17,23H,2-4,7-8,18H2,1H3,(H,30,33)(H,34,35). The third-order valence-corrected chi connectivity index (χ3v) is 6.89. The van der Waals surface area contributed by atoms with Crippen LogP contribution in [-0.2, 0) is 6.54 Å². The van der Waals surface area contributed by atoms with Gasteiger partial charge in [0.05, 0.1) is 23.3 Å². The van der Waals surface area contributed by atoms with Crippen LogP contribution in [0.3, 0.4) is 0 Å². The molecule has 1 fully saturated rings. The number of aromatic carboxylic acids is 1. The maximum Gasteiger partial charge on any atom is 0.336 e. The minimum Gasteiger partial charge on any atom is -0.478 e. The van der Waals surface area contributed by atoms with Crippen LogP contribution in [0.2, 0.25) is 0 Å². The van der Waals surface area contributed by atoms with Gasteiger partial charge in [0, 0.05) is 17.0 Å². The van der Waals surface area contributed by atoms with Crippen molar-refractivity contribution in [2.24, 2.45) is 0 Å². The van der Waals surface area contributed by atoms with E-state index in [0.29, 0.717) is 17.7 Å². The Hall–Kier alpha value is -3.93. The van der Waals surface area contributed by atoms with Crippen molar-refractivity contribution in [1.29, 1.82) is 0 Å². The number of aromatic nitrogens is 2. The fraction of sp³-hybridized carbons (Fsp3) is 0.276. The maximum atomic E-state index is 12.8. The third-order valence-electron chi connectivity index (χ3n) is 6.89. The second-order valence-corrected chi connectivity index (χ2v) is 9.33. The molecule has 5 rings (SSSR count). The van der Waals surface area contributed by atoms with Gasteiger partial charge < -0.3 is 10.4 Å². The van der Waals surface area contributed by atoms with Crippen molar-refractivity contribution in [3.05, 3.63) is 89.1 Å². The van der Waals surface area contributed by atoms with Crippen molar-refractivity contribution in [3.63, 3.8) is 0 Å². The van der Waals surface area contributed by atoms with Crippen molar-refractivity contribution in [2.45, 2.75) is 51.6 Å². The predicted octanol–water partition coefficient (Wildman–Crippen LogP) is 5.82. The largest absolute Gasteiger partial charge is 0.478 e. The Morgan fingerprint density at radius 2 is 1.74 bits per heavy atom. The molecule has 1 aliphatic carbocycles. The van der Waals surface area contributed by atoms with Crippen molar-refractivity contribution >= 4 is 22.8 Å². The number of nitrogens with one attached hydrogen (secondary N) is 1. The smallest absolute Gasteiger partial charge is 0.336 e. The number of aryl methyl sites for hydroxylation is 1. The SMILES string of the molecule is Cc1nn(Cc2ccc(-c3ccccc3C(=O)O)cc2)c2ccc(C(=O)NC3CCCCC3)cc12. The molecule has 0 radical (unpaired) electrons. The lowest BCUT2D eigenvalue weighted by Crippen LogP contribution is -2.36. The first-order valence-corrected chi connectivity index (χ1v) is 12.2. The first-order valence-electron chi connectivity index (χ1n) is 12.2. The molecule has 4 aromatic rings. The number of carboxylic acid groups (broad SMARTS) is 1. The lowest BCUT2D eigenvalue weighted by molar-refractivity contribution is 0.0697. The predicted molar refractivity (Wildman–Crippen MR) is 137 cm³/mol. The molecular formula is C29H29N3O3. The molecule has 1 amide bonds. The Labute approximate surface area is 204 Å². The highest BCUT2D eigenvalue weighted by atomic mass is 16.4. The van der Waals surface area contributed by atoms with Crippen LogP contribution in [-0.4, -0.2) is 32.8 Å². The van der Waals surface area contributed by atoms with Crippen LogP contribution >= 0.6 is 0 Å². The number of carbonyl (C=O) groups excluding carboxylic acids is 1. The Kier molecular flexibility index (Phi) is 6.36. The zero-order valence-corrected chi connectivity index (χ0v) is 19.8. The van der Waals surface area contributed by atoms with Crippen LogP contribution < -0.4 is 5.32 Å². The molecule has 1 heterocycles. The van der Waals surface area contributed by atoms with Crippen molar-refractivity contribution in [2.75, 3.05) is 0 Å². The quantitative estimate of drug-likeness (QED) is 0.374. The number of nitrogens with zero attached hydrogens (tertiary/aromatic N) is 2. The van der Waals surface area contributed by atoms with Gasteiger partial charge in [0.2, 0.25) is 0 Å². The summed E-state index contributed by atoms with van der Waals surface area (Å²) in [6.45, 7) is 2.55. The van der Waals surface area contributed by atoms with Crippen molar-refractivity contribution in [1.82, 2.24) is 15.1 Å². The summed E-state index contributed by atoms with van der Waals surface area (Å²) in [6.07, 6.45) is 5.75. The average molecular weight is 468 g/mol. The molecule has 6 heteroatoms. The monoisotopic (exact) mass is 467 g/mol. The van der Waals surface area contributed by atoms with Gasteiger partial charge in [-0.1, -0.05) is 61.7 Å². The molecule has 0 atom stereocenters. The Morgan fingerprint density at radius 1 is 1.00 bits per heavy atom. The molecule has 1 aromatic heterocycles. The molecule has 0 unspecified atom stereocenters. The second kappa shape index (κ2) is 9.74. The van der Waals surface area contributed by atoms with Gasteiger partial charge in [0.1, 0.15) is 0 Å². The van der Waals surface area contributed by atoms with Crippen molar-refractivity contribution < 1.29 is 14.7 Å². The number of carbonyl (C=O) groups is 2. The zero-order chi connectivity index (χ0) is 24.4. The maximum absolute atomic E-state index is 12.8. The van der Waals surface area contributed by atoms with E-state index in [-0.39, 0.29) is 17.5 Å². The van der Waals surface area contributed by atoms with E-state index >= 15 is 0 Å². The average Bonchev–Trinajstić information content (AvgIpc) is 3.19. The number of fused-ring (bicyclic) bond motifs is 1. The molecule has 1 aliphatic rings. The Bertz CT molecular complexity index is 1380. The van der Waals surface area contributed by atoms with E-state index in [9.17, 15) is 14.7 Å². The summed E-state index contributed by atoms with van der Waals surface area (Å²) in [5.41, 5.74) is 5.46. The topological polar surface area (TPSA) is 84.2 Å². The Balaban J connectivity index is 1.35. The van der Waals surface area contributed by atoms with Gasteiger partial charge in [-0.15, -0.1) is 0 Å². The molecular weight excluding hydrogens is 438 g/mol. The van der Waals surface area contributed by atoms with E-state index < -0.39 is 5.97 Å². The van der Waals surface area contributed by atoms with Crippen LogP contribution in [0.4, 0.5) is 0 Å². The summed E-state index contributed by atoms with van der Waals surface area (Å²) in [7, 11) is 0. The minimum absolute atomic E-state index is 0.0109. The van der Waals surface area contributed by atoms with E-state index in [2.05, 4.69) is 5.32 Å². The van der Waals surface area contributed by atoms with Crippen LogP contribution in [0.15, 0.2) is 66.7 Å². The molecule has 0 aliphatic heterocycles. The lowest BCUT2D eigenvalue weighted by atomic mass is 9.95. The fourth-order valence-corrected chi connectivity index (χ4v) is 5.00. The molecule has 0 spiro atoms. The lowest BCUT2D eigenvalue weighted by Gasteiger charge is -2.22. The molecule has 35 heavy (non-hydrogen) atoms. The highest BCUT2D eigenvalue weighted by Crippen LogP contribution is 2.26. The molecule has 6 nitrogen and oxygen atoms in total. The highest BCUT2D eigenvalue weighted by Gasteiger charge is 2.18. The van der Waals surface area contributed by atoms with Gasteiger partial charge in [-0.2, -0.15) is 5.10 Å². The van der Waals surface area contributed by atoms with Gasteiger partial charge in [0.15, 0.2) is 0 Å². The molecule has 1 saturated carbocycles. The number of rotatable bonds is 6. The van der Waals surface area contributed by atoms with E-state index in [0.717, 1.165) is 40.6 Å². The number of amides is 1. The molecule has 0 bridgehead atoms. The molecule has 3 aromatic carbocycles. The first-order chi connectivity index (χ1) is 17.0. The number of hydrogen-bond donors (Lipinski definition) is 2. The van der Waals surface area contributed by atoms with E-state index in [1.165, 1.54) is 19.3 Å². The summed E-state index contributed by atoms with van der Waals surface area (Å²) in [6, 6.07) is 21.0. The van der Waals surface area contributed by atoms with E-state index in [1.807, 2.05) is 66.2 Å². The third kappa shape index (κ3) is 4.83. The van der Waals surface area contributed by atoms with Gasteiger partial charge in [-0.3, -0.25) is 9.48 Å². The molecule has 0 saturated heterocycles.